The van der Waals surface area contributed by atoms with E-state index in [4.69, 9.17) is 5.73 Å². The van der Waals surface area contributed by atoms with Gasteiger partial charge in [-0.2, -0.15) is 11.8 Å². The molecule has 0 amide bonds. The van der Waals surface area contributed by atoms with E-state index in [0.717, 1.165) is 17.9 Å². The predicted octanol–water partition coefficient (Wildman–Crippen LogP) is 1.74. The first-order chi connectivity index (χ1) is 9.94. The van der Waals surface area contributed by atoms with Gasteiger partial charge in [0.05, 0.1) is 10.6 Å². The van der Waals surface area contributed by atoms with E-state index in [1.165, 1.54) is 0 Å². The number of nitrogens with zero attached hydrogens (tertiary/aromatic N) is 1. The molecule has 1 heterocycles. The quantitative estimate of drug-likeness (QED) is 0.892. The molecule has 1 saturated heterocycles. The SMILES string of the molecule is CC1SCCN(CCS(=O)(=O)c2cccc(CN)c2)C1C. The second kappa shape index (κ2) is 7.13. The van der Waals surface area contributed by atoms with Crippen LogP contribution in [0.2, 0.25) is 0 Å². The van der Waals surface area contributed by atoms with Gasteiger partial charge < -0.3 is 5.73 Å². The Hall–Kier alpha value is -0.560. The first-order valence-electron chi connectivity index (χ1n) is 7.31. The van der Waals surface area contributed by atoms with Gasteiger partial charge in [0.2, 0.25) is 0 Å². The molecular weight excluding hydrogens is 304 g/mol. The fraction of sp³-hybridized carbons (Fsp3) is 0.600. The lowest BCUT2D eigenvalue weighted by Crippen LogP contribution is -2.46. The molecule has 6 heteroatoms. The molecule has 1 aliphatic rings. The molecule has 0 aliphatic carbocycles. The van der Waals surface area contributed by atoms with Gasteiger partial charge in [-0.25, -0.2) is 8.42 Å². The van der Waals surface area contributed by atoms with E-state index in [-0.39, 0.29) is 5.75 Å². The maximum atomic E-state index is 12.5. The zero-order chi connectivity index (χ0) is 15.5. The minimum atomic E-state index is -3.24. The van der Waals surface area contributed by atoms with Crippen LogP contribution >= 0.6 is 11.8 Å². The molecule has 1 aliphatic heterocycles. The highest BCUT2D eigenvalue weighted by Crippen LogP contribution is 2.24. The number of nitrogens with two attached hydrogens (primary N) is 1. The third-order valence-corrected chi connectivity index (χ3v) is 7.19. The van der Waals surface area contributed by atoms with Gasteiger partial charge in [0.25, 0.3) is 0 Å². The molecule has 0 saturated carbocycles. The van der Waals surface area contributed by atoms with E-state index in [1.54, 1.807) is 18.2 Å². The lowest BCUT2D eigenvalue weighted by Gasteiger charge is -2.37. The van der Waals surface area contributed by atoms with E-state index in [2.05, 4.69) is 18.7 Å². The van der Waals surface area contributed by atoms with Crippen LogP contribution in [0, 0.1) is 0 Å². The van der Waals surface area contributed by atoms with Crippen molar-refractivity contribution in [3.05, 3.63) is 29.8 Å². The summed E-state index contributed by atoms with van der Waals surface area (Å²) in [7, 11) is -3.24. The van der Waals surface area contributed by atoms with Crippen molar-refractivity contribution in [2.24, 2.45) is 5.73 Å². The van der Waals surface area contributed by atoms with Crippen LogP contribution < -0.4 is 5.73 Å². The number of rotatable bonds is 5. The second-order valence-electron chi connectivity index (χ2n) is 5.52. The molecule has 1 fully saturated rings. The fourth-order valence-electron chi connectivity index (χ4n) is 2.53. The monoisotopic (exact) mass is 328 g/mol. The second-order valence-corrected chi connectivity index (χ2v) is 9.12. The summed E-state index contributed by atoms with van der Waals surface area (Å²) in [5.41, 5.74) is 6.44. The highest BCUT2D eigenvalue weighted by atomic mass is 32.2. The topological polar surface area (TPSA) is 63.4 Å². The molecule has 0 radical (unpaired) electrons. The minimum Gasteiger partial charge on any atom is -0.326 e. The molecule has 2 rings (SSSR count). The lowest BCUT2D eigenvalue weighted by atomic mass is 10.2. The van der Waals surface area contributed by atoms with Crippen LogP contribution in [0.5, 0.6) is 0 Å². The fourth-order valence-corrected chi connectivity index (χ4v) is 5.02. The number of hydrogen-bond acceptors (Lipinski definition) is 5. The molecule has 4 nitrogen and oxygen atoms in total. The molecule has 1 aromatic rings. The molecule has 118 valence electrons. The van der Waals surface area contributed by atoms with Crippen molar-refractivity contribution in [1.82, 2.24) is 4.90 Å². The molecule has 1 aromatic carbocycles. The Morgan fingerprint density at radius 3 is 2.86 bits per heavy atom. The maximum absolute atomic E-state index is 12.5. The maximum Gasteiger partial charge on any atom is 0.179 e. The van der Waals surface area contributed by atoms with Crippen molar-refractivity contribution in [1.29, 1.82) is 0 Å². The average Bonchev–Trinajstić information content (AvgIpc) is 2.49. The first-order valence-corrected chi connectivity index (χ1v) is 10.0. The zero-order valence-corrected chi connectivity index (χ0v) is 14.3. The molecule has 2 atom stereocenters. The van der Waals surface area contributed by atoms with E-state index in [9.17, 15) is 8.42 Å². The summed E-state index contributed by atoms with van der Waals surface area (Å²) in [6.45, 7) is 6.32. The van der Waals surface area contributed by atoms with Crippen LogP contribution in [0.25, 0.3) is 0 Å². The van der Waals surface area contributed by atoms with Crippen molar-refractivity contribution in [3.8, 4) is 0 Å². The molecule has 0 spiro atoms. The predicted molar refractivity (Wildman–Crippen MR) is 89.3 cm³/mol. The third kappa shape index (κ3) is 4.22. The summed E-state index contributed by atoms with van der Waals surface area (Å²) in [5.74, 6) is 1.25. The smallest absolute Gasteiger partial charge is 0.179 e. The Balaban J connectivity index is 2.04. The average molecular weight is 329 g/mol. The summed E-state index contributed by atoms with van der Waals surface area (Å²) in [4.78, 5) is 2.67. The van der Waals surface area contributed by atoms with Crippen molar-refractivity contribution < 1.29 is 8.42 Å². The summed E-state index contributed by atoms with van der Waals surface area (Å²) >= 11 is 1.96. The van der Waals surface area contributed by atoms with Crippen LogP contribution in [-0.4, -0.2) is 49.2 Å². The number of sulfone groups is 1. The summed E-state index contributed by atoms with van der Waals surface area (Å²) < 4.78 is 24.9. The van der Waals surface area contributed by atoms with Gasteiger partial charge in [-0.1, -0.05) is 19.1 Å². The van der Waals surface area contributed by atoms with Crippen LogP contribution in [-0.2, 0) is 16.4 Å². The van der Waals surface area contributed by atoms with Gasteiger partial charge in [-0.05, 0) is 24.6 Å². The normalized spacial score (nSPS) is 24.1. The molecule has 2 N–H and O–H groups in total. The van der Waals surface area contributed by atoms with Crippen LogP contribution in [0.15, 0.2) is 29.2 Å². The number of thioether (sulfide) groups is 1. The number of benzene rings is 1. The Labute approximate surface area is 132 Å². The molecule has 0 bridgehead atoms. The van der Waals surface area contributed by atoms with Gasteiger partial charge >= 0.3 is 0 Å². The van der Waals surface area contributed by atoms with Crippen molar-refractivity contribution in [2.45, 2.75) is 36.6 Å². The number of hydrogen-bond donors (Lipinski definition) is 1. The van der Waals surface area contributed by atoms with E-state index >= 15 is 0 Å². The highest BCUT2D eigenvalue weighted by molar-refractivity contribution is 8.00. The van der Waals surface area contributed by atoms with Gasteiger partial charge in [0.15, 0.2) is 9.84 Å². The van der Waals surface area contributed by atoms with Crippen molar-refractivity contribution in [2.75, 3.05) is 24.6 Å². The van der Waals surface area contributed by atoms with Crippen LogP contribution in [0.4, 0.5) is 0 Å². The van der Waals surface area contributed by atoms with Crippen molar-refractivity contribution in [3.63, 3.8) is 0 Å². The summed E-state index contributed by atoms with van der Waals surface area (Å²) in [5, 5.41) is 0.557. The van der Waals surface area contributed by atoms with Gasteiger partial charge in [0.1, 0.15) is 0 Å². The van der Waals surface area contributed by atoms with Crippen molar-refractivity contribution >= 4 is 21.6 Å². The van der Waals surface area contributed by atoms with Crippen LogP contribution in [0.1, 0.15) is 19.4 Å². The Kier molecular flexibility index (Phi) is 5.71. The van der Waals surface area contributed by atoms with E-state index < -0.39 is 9.84 Å². The summed E-state index contributed by atoms with van der Waals surface area (Å²) in [6, 6.07) is 7.39. The highest BCUT2D eigenvalue weighted by Gasteiger charge is 2.26. The van der Waals surface area contributed by atoms with E-state index in [0.29, 0.717) is 29.3 Å². The lowest BCUT2D eigenvalue weighted by molar-refractivity contribution is 0.225. The standard InChI is InChI=1S/C15H24N2O2S2/c1-12-13(2)20-8-6-17(12)7-9-21(18,19)15-5-3-4-14(10-15)11-16/h3-5,10,12-13H,6-9,11,16H2,1-2H3. The zero-order valence-electron chi connectivity index (χ0n) is 12.7. The molecule has 2 unspecified atom stereocenters. The minimum absolute atomic E-state index is 0.169. The first kappa shape index (κ1) is 16.8. The summed E-state index contributed by atoms with van der Waals surface area (Å²) in [6.07, 6.45) is 0. The van der Waals surface area contributed by atoms with E-state index in [1.807, 2.05) is 17.8 Å². The largest absolute Gasteiger partial charge is 0.326 e. The molecule has 0 aromatic heterocycles. The van der Waals surface area contributed by atoms with Gasteiger partial charge in [-0.15, -0.1) is 0 Å². The van der Waals surface area contributed by atoms with Gasteiger partial charge in [0, 0.05) is 36.7 Å². The Morgan fingerprint density at radius 1 is 1.38 bits per heavy atom. The third-order valence-electron chi connectivity index (χ3n) is 4.16. The molecular formula is C15H24N2O2S2. The Morgan fingerprint density at radius 2 is 2.14 bits per heavy atom. The van der Waals surface area contributed by atoms with Gasteiger partial charge in [-0.3, -0.25) is 4.90 Å². The molecule has 21 heavy (non-hydrogen) atoms. The van der Waals surface area contributed by atoms with Crippen LogP contribution in [0.3, 0.4) is 0 Å². The Bertz CT molecular complexity index is 575.